The zero-order valence-corrected chi connectivity index (χ0v) is 20.0. The van der Waals surface area contributed by atoms with E-state index in [1.807, 2.05) is 30.3 Å². The fraction of sp³-hybridized carbons (Fsp3) is 0.231. The number of aromatic nitrogens is 5. The third kappa shape index (κ3) is 5.00. The molecule has 10 nitrogen and oxygen atoms in total. The molecule has 2 N–H and O–H groups in total. The predicted octanol–water partition coefficient (Wildman–Crippen LogP) is 3.54. The standard InChI is InChI=1S/C26H25N7O3/c1-17-31-15-33(32-17)26-25-24(23(36-2)14-30-26)21(13-29-25)22(35)9-8-19(10-11-28-16-34)20(12-27)18-6-4-3-5-7-18/h3-7,13-16,29H,8-11H2,1-2H3,(H,28,34)/b20-19+. The van der Waals surface area contributed by atoms with Crippen LogP contribution in [0.1, 0.15) is 41.0 Å². The van der Waals surface area contributed by atoms with Gasteiger partial charge in [-0.3, -0.25) is 9.59 Å². The number of ether oxygens (including phenoxy) is 1. The summed E-state index contributed by atoms with van der Waals surface area (Å²) < 4.78 is 7.05. The lowest BCUT2D eigenvalue weighted by Gasteiger charge is -2.11. The number of nitriles is 1. The minimum absolute atomic E-state index is 0.113. The zero-order chi connectivity index (χ0) is 25.5. The second kappa shape index (κ2) is 11.1. The summed E-state index contributed by atoms with van der Waals surface area (Å²) in [6.45, 7) is 2.15. The summed E-state index contributed by atoms with van der Waals surface area (Å²) in [6, 6.07) is 11.6. The highest BCUT2D eigenvalue weighted by Gasteiger charge is 2.21. The molecule has 36 heavy (non-hydrogen) atoms. The number of hydrogen-bond donors (Lipinski definition) is 2. The first-order valence-electron chi connectivity index (χ1n) is 11.4. The van der Waals surface area contributed by atoms with E-state index in [1.165, 1.54) is 7.11 Å². The monoisotopic (exact) mass is 483 g/mol. The highest BCUT2D eigenvalue weighted by Crippen LogP contribution is 2.33. The Balaban J connectivity index is 1.66. The van der Waals surface area contributed by atoms with E-state index in [1.54, 1.807) is 30.3 Å². The summed E-state index contributed by atoms with van der Waals surface area (Å²) in [7, 11) is 1.52. The molecule has 0 saturated carbocycles. The third-order valence-electron chi connectivity index (χ3n) is 5.83. The molecule has 0 bridgehead atoms. The van der Waals surface area contributed by atoms with Gasteiger partial charge in [0.1, 0.15) is 17.9 Å². The van der Waals surface area contributed by atoms with Crippen LogP contribution in [0.5, 0.6) is 5.75 Å². The van der Waals surface area contributed by atoms with E-state index in [4.69, 9.17) is 4.74 Å². The summed E-state index contributed by atoms with van der Waals surface area (Å²) >= 11 is 0. The Labute approximate surface area is 207 Å². The second-order valence-corrected chi connectivity index (χ2v) is 8.04. The molecule has 4 aromatic rings. The number of Topliss-reactive ketones (excluding diaryl/α,β-unsaturated/α-hetero) is 1. The van der Waals surface area contributed by atoms with Crippen LogP contribution >= 0.6 is 0 Å². The molecular weight excluding hydrogens is 458 g/mol. The molecule has 3 aromatic heterocycles. The molecule has 1 amide bonds. The van der Waals surface area contributed by atoms with Crippen molar-refractivity contribution in [2.45, 2.75) is 26.2 Å². The Hall–Kier alpha value is -4.78. The summed E-state index contributed by atoms with van der Waals surface area (Å²) in [4.78, 5) is 35.9. The maximum atomic E-state index is 13.4. The first kappa shape index (κ1) is 24.3. The molecule has 0 unspecified atom stereocenters. The van der Waals surface area contributed by atoms with Crippen LogP contribution in [0.3, 0.4) is 0 Å². The number of ketones is 1. The van der Waals surface area contributed by atoms with Gasteiger partial charge in [0.15, 0.2) is 11.6 Å². The van der Waals surface area contributed by atoms with Crippen LogP contribution in [0.2, 0.25) is 0 Å². The number of carbonyl (C=O) groups excluding carboxylic acids is 2. The van der Waals surface area contributed by atoms with Gasteiger partial charge in [0.05, 0.1) is 35.9 Å². The van der Waals surface area contributed by atoms with E-state index < -0.39 is 0 Å². The first-order valence-corrected chi connectivity index (χ1v) is 11.4. The molecule has 182 valence electrons. The third-order valence-corrected chi connectivity index (χ3v) is 5.83. The number of pyridine rings is 1. The van der Waals surface area contributed by atoms with Crippen LogP contribution in [-0.4, -0.2) is 50.6 Å². The van der Waals surface area contributed by atoms with Crippen LogP contribution in [0.25, 0.3) is 22.3 Å². The minimum atomic E-state index is -0.113. The van der Waals surface area contributed by atoms with Crippen LogP contribution in [0.4, 0.5) is 0 Å². The number of rotatable bonds is 11. The Kier molecular flexibility index (Phi) is 7.51. The van der Waals surface area contributed by atoms with E-state index >= 15 is 0 Å². The largest absolute Gasteiger partial charge is 0.494 e. The molecule has 0 fully saturated rings. The number of H-pyrrole nitrogens is 1. The lowest BCUT2D eigenvalue weighted by Crippen LogP contribution is -2.13. The average Bonchev–Trinajstić information content (AvgIpc) is 3.54. The summed E-state index contributed by atoms with van der Waals surface area (Å²) in [6.07, 6.45) is 6.38. The topological polar surface area (TPSA) is 139 Å². The molecule has 10 heteroatoms. The molecule has 0 aliphatic carbocycles. The highest BCUT2D eigenvalue weighted by atomic mass is 16.5. The fourth-order valence-corrected chi connectivity index (χ4v) is 4.11. The Morgan fingerprint density at radius 1 is 1.22 bits per heavy atom. The van der Waals surface area contributed by atoms with Gasteiger partial charge in [0, 0.05) is 24.7 Å². The summed E-state index contributed by atoms with van der Waals surface area (Å²) in [5.41, 5.74) is 3.17. The smallest absolute Gasteiger partial charge is 0.207 e. The normalized spacial score (nSPS) is 11.6. The van der Waals surface area contributed by atoms with E-state index in [0.717, 1.165) is 11.1 Å². The van der Waals surface area contributed by atoms with Crippen molar-refractivity contribution < 1.29 is 14.3 Å². The van der Waals surface area contributed by atoms with Gasteiger partial charge in [-0.15, -0.1) is 0 Å². The van der Waals surface area contributed by atoms with E-state index in [9.17, 15) is 14.9 Å². The molecule has 3 heterocycles. The number of methoxy groups -OCH3 is 1. The number of fused-ring (bicyclic) bond motifs is 1. The quantitative estimate of drug-likeness (QED) is 0.144. The molecule has 4 rings (SSSR count). The van der Waals surface area contributed by atoms with E-state index in [0.29, 0.717) is 65.2 Å². The Bertz CT molecular complexity index is 1460. The first-order chi connectivity index (χ1) is 17.6. The van der Waals surface area contributed by atoms with E-state index in [2.05, 4.69) is 31.4 Å². The van der Waals surface area contributed by atoms with Crippen LogP contribution < -0.4 is 10.1 Å². The van der Waals surface area contributed by atoms with Gasteiger partial charge in [0.25, 0.3) is 0 Å². The summed E-state index contributed by atoms with van der Waals surface area (Å²) in [5, 5.41) is 17.4. The van der Waals surface area contributed by atoms with Crippen molar-refractivity contribution in [3.8, 4) is 17.6 Å². The number of hydrogen-bond acceptors (Lipinski definition) is 7. The number of carbonyl (C=O) groups is 2. The van der Waals surface area contributed by atoms with Gasteiger partial charge >= 0.3 is 0 Å². The van der Waals surface area contributed by atoms with Crippen LogP contribution in [0.15, 0.2) is 54.6 Å². The van der Waals surface area contributed by atoms with Gasteiger partial charge in [-0.2, -0.15) is 10.4 Å². The van der Waals surface area contributed by atoms with Gasteiger partial charge in [-0.25, -0.2) is 14.6 Å². The predicted molar refractivity (Wildman–Crippen MR) is 134 cm³/mol. The lowest BCUT2D eigenvalue weighted by atomic mass is 9.93. The Morgan fingerprint density at radius 3 is 2.69 bits per heavy atom. The van der Waals surface area contributed by atoms with Crippen molar-refractivity contribution in [1.82, 2.24) is 30.0 Å². The summed E-state index contributed by atoms with van der Waals surface area (Å²) in [5.74, 6) is 1.45. The van der Waals surface area contributed by atoms with Crippen molar-refractivity contribution in [1.29, 1.82) is 5.26 Å². The fourth-order valence-electron chi connectivity index (χ4n) is 4.11. The van der Waals surface area contributed by atoms with Crippen LogP contribution in [-0.2, 0) is 4.79 Å². The molecular formula is C26H25N7O3. The Morgan fingerprint density at radius 2 is 2.03 bits per heavy atom. The number of nitrogens with one attached hydrogen (secondary N) is 2. The molecule has 0 radical (unpaired) electrons. The molecule has 1 aromatic carbocycles. The van der Waals surface area contributed by atoms with Crippen molar-refractivity contribution in [2.24, 2.45) is 0 Å². The van der Waals surface area contributed by atoms with Gasteiger partial charge in [-0.05, 0) is 30.9 Å². The molecule has 0 saturated heterocycles. The second-order valence-electron chi connectivity index (χ2n) is 8.04. The van der Waals surface area contributed by atoms with Crippen molar-refractivity contribution in [3.63, 3.8) is 0 Å². The van der Waals surface area contributed by atoms with Crippen molar-refractivity contribution in [2.75, 3.05) is 13.7 Å². The number of aryl methyl sites for hydroxylation is 1. The maximum absolute atomic E-state index is 13.4. The molecule has 0 atom stereocenters. The average molecular weight is 484 g/mol. The van der Waals surface area contributed by atoms with Crippen molar-refractivity contribution >= 4 is 28.7 Å². The molecule has 0 aliphatic rings. The zero-order valence-electron chi connectivity index (χ0n) is 20.0. The number of aromatic amines is 1. The highest BCUT2D eigenvalue weighted by molar-refractivity contribution is 6.11. The number of nitrogens with zero attached hydrogens (tertiary/aromatic N) is 5. The van der Waals surface area contributed by atoms with Gasteiger partial charge < -0.3 is 15.0 Å². The molecule has 0 aliphatic heterocycles. The minimum Gasteiger partial charge on any atom is -0.494 e. The number of amides is 1. The number of allylic oxidation sites excluding steroid dienone is 1. The van der Waals surface area contributed by atoms with Crippen LogP contribution in [0, 0.1) is 18.3 Å². The van der Waals surface area contributed by atoms with Gasteiger partial charge in [0.2, 0.25) is 6.41 Å². The van der Waals surface area contributed by atoms with Gasteiger partial charge in [-0.1, -0.05) is 30.3 Å². The van der Waals surface area contributed by atoms with E-state index in [-0.39, 0.29) is 12.2 Å². The lowest BCUT2D eigenvalue weighted by molar-refractivity contribution is -0.109. The maximum Gasteiger partial charge on any atom is 0.207 e. The SMILES string of the molecule is COc1cnc(-n2cnc(C)n2)c2[nH]cc(C(=O)CC/C(CCNC=O)=C(/C#N)c3ccccc3)c12. The number of benzene rings is 1. The molecule has 0 spiro atoms. The van der Waals surface area contributed by atoms with Crippen molar-refractivity contribution in [3.05, 3.63) is 71.6 Å².